The second-order valence-corrected chi connectivity index (χ2v) is 8.51. The number of ether oxygens (including phenoxy) is 1. The number of rotatable bonds is 4. The number of nitrogens with zero attached hydrogens (tertiary/aromatic N) is 1. The van der Waals surface area contributed by atoms with E-state index in [-0.39, 0.29) is 17.4 Å². The molecule has 2 N–H and O–H groups in total. The fourth-order valence-electron chi connectivity index (χ4n) is 2.44. The normalized spacial score (nSPS) is 19.1. The van der Waals surface area contributed by atoms with E-state index < -0.39 is 21.7 Å². The van der Waals surface area contributed by atoms with E-state index in [9.17, 15) is 18.0 Å². The van der Waals surface area contributed by atoms with Gasteiger partial charge in [0.25, 0.3) is 0 Å². The van der Waals surface area contributed by atoms with Crippen LogP contribution < -0.4 is 5.32 Å². The molecule has 3 heterocycles. The van der Waals surface area contributed by atoms with Crippen LogP contribution in [0, 0.1) is 5.92 Å². The van der Waals surface area contributed by atoms with E-state index in [4.69, 9.17) is 0 Å². The second kappa shape index (κ2) is 6.36. The molecule has 0 aromatic carbocycles. The number of H-pyrrole nitrogens is 1. The van der Waals surface area contributed by atoms with Crippen LogP contribution in [0.15, 0.2) is 17.6 Å². The van der Waals surface area contributed by atoms with Gasteiger partial charge in [-0.2, -0.15) is 0 Å². The molecule has 1 saturated heterocycles. The zero-order valence-electron chi connectivity index (χ0n) is 12.7. The molecule has 1 atom stereocenters. The van der Waals surface area contributed by atoms with Gasteiger partial charge < -0.3 is 15.0 Å². The van der Waals surface area contributed by atoms with Gasteiger partial charge in [0.1, 0.15) is 5.69 Å². The minimum Gasteiger partial charge on any atom is -0.464 e. The highest BCUT2D eigenvalue weighted by atomic mass is 32.2. The number of esters is 1. The second-order valence-electron chi connectivity index (χ2n) is 5.42. The van der Waals surface area contributed by atoms with Crippen molar-refractivity contribution in [2.45, 2.75) is 6.42 Å². The highest BCUT2D eigenvalue weighted by Gasteiger charge is 2.33. The van der Waals surface area contributed by atoms with Gasteiger partial charge in [-0.15, -0.1) is 11.3 Å². The maximum atomic E-state index is 12.1. The highest BCUT2D eigenvalue weighted by Crippen LogP contribution is 2.27. The summed E-state index contributed by atoms with van der Waals surface area (Å²) < 4.78 is 27.5. The molecule has 2 aromatic rings. The lowest BCUT2D eigenvalue weighted by Gasteiger charge is -2.06. The Balaban J connectivity index is 1.68. The molecular formula is C14H15N3O5S2. The van der Waals surface area contributed by atoms with Gasteiger partial charge in [-0.05, 0) is 12.5 Å². The van der Waals surface area contributed by atoms with Gasteiger partial charge in [-0.1, -0.05) is 0 Å². The molecule has 0 aliphatic carbocycles. The third-order valence-corrected chi connectivity index (χ3v) is 6.25. The summed E-state index contributed by atoms with van der Waals surface area (Å²) in [5.41, 5.74) is 1.60. The first-order valence-electron chi connectivity index (χ1n) is 7.12. The monoisotopic (exact) mass is 369 g/mol. The van der Waals surface area contributed by atoms with Crippen molar-refractivity contribution in [3.8, 4) is 11.3 Å². The standard InChI is InChI=1S/C14H15N3O5S2/c1-22-13(19)10-4-9(5-15-10)11-6-23-14(16-11)17-12(18)8-2-3-24(20,21)7-8/h4-6,8,15H,2-3,7H2,1H3,(H,16,17,18). The van der Waals surface area contributed by atoms with Gasteiger partial charge in [-0.25, -0.2) is 18.2 Å². The third-order valence-electron chi connectivity index (χ3n) is 3.72. The van der Waals surface area contributed by atoms with Crippen molar-refractivity contribution in [3.05, 3.63) is 23.3 Å². The lowest BCUT2D eigenvalue weighted by molar-refractivity contribution is -0.119. The van der Waals surface area contributed by atoms with Crippen molar-refractivity contribution in [2.75, 3.05) is 23.9 Å². The van der Waals surface area contributed by atoms with Crippen LogP contribution in [-0.2, 0) is 19.4 Å². The molecule has 1 aliphatic heterocycles. The minimum absolute atomic E-state index is 0.0495. The number of anilines is 1. The number of carbonyl (C=O) groups is 2. The van der Waals surface area contributed by atoms with E-state index in [1.54, 1.807) is 17.6 Å². The molecule has 0 bridgehead atoms. The highest BCUT2D eigenvalue weighted by molar-refractivity contribution is 7.91. The number of aromatic nitrogens is 2. The van der Waals surface area contributed by atoms with Gasteiger partial charge in [0, 0.05) is 17.1 Å². The molecule has 2 aromatic heterocycles. The number of carbonyl (C=O) groups excluding carboxylic acids is 2. The number of sulfone groups is 1. The van der Waals surface area contributed by atoms with Crippen molar-refractivity contribution < 1.29 is 22.7 Å². The molecule has 10 heteroatoms. The number of aromatic amines is 1. The van der Waals surface area contributed by atoms with Crippen molar-refractivity contribution in [1.29, 1.82) is 0 Å². The van der Waals surface area contributed by atoms with Crippen LogP contribution in [0.4, 0.5) is 5.13 Å². The molecule has 0 saturated carbocycles. The minimum atomic E-state index is -3.10. The Morgan fingerprint density at radius 1 is 1.46 bits per heavy atom. The fourth-order valence-corrected chi connectivity index (χ4v) is 4.91. The molecule has 1 aliphatic rings. The van der Waals surface area contributed by atoms with Gasteiger partial charge >= 0.3 is 5.97 Å². The van der Waals surface area contributed by atoms with E-state index >= 15 is 0 Å². The summed E-state index contributed by atoms with van der Waals surface area (Å²) >= 11 is 1.23. The molecular weight excluding hydrogens is 354 g/mol. The number of nitrogens with one attached hydrogen (secondary N) is 2. The summed E-state index contributed by atoms with van der Waals surface area (Å²) in [5.74, 6) is -1.40. The van der Waals surface area contributed by atoms with Gasteiger partial charge in [0.2, 0.25) is 5.91 Å². The number of amides is 1. The molecule has 3 rings (SSSR count). The predicted molar refractivity (Wildman–Crippen MR) is 88.6 cm³/mol. The van der Waals surface area contributed by atoms with Crippen LogP contribution in [0.1, 0.15) is 16.9 Å². The maximum Gasteiger partial charge on any atom is 0.354 e. The summed E-state index contributed by atoms with van der Waals surface area (Å²) in [6, 6.07) is 1.61. The SMILES string of the molecule is COC(=O)c1cc(-c2csc(NC(=O)C3CCS(=O)(=O)C3)n2)c[nH]1. The Bertz CT molecular complexity index is 884. The average molecular weight is 369 g/mol. The Hall–Kier alpha value is -2.20. The molecule has 1 unspecified atom stereocenters. The van der Waals surface area contributed by atoms with Crippen molar-refractivity contribution in [1.82, 2.24) is 9.97 Å². The maximum absolute atomic E-state index is 12.1. The van der Waals surface area contributed by atoms with Crippen molar-refractivity contribution in [3.63, 3.8) is 0 Å². The Morgan fingerprint density at radius 2 is 2.25 bits per heavy atom. The molecule has 24 heavy (non-hydrogen) atoms. The summed E-state index contributed by atoms with van der Waals surface area (Å²) in [6.07, 6.45) is 1.96. The number of hydrogen-bond donors (Lipinski definition) is 2. The average Bonchev–Trinajstić information content (AvgIpc) is 3.25. The predicted octanol–water partition coefficient (Wildman–Crippen LogP) is 1.30. The fraction of sp³-hybridized carbons (Fsp3) is 0.357. The molecule has 0 spiro atoms. The van der Waals surface area contributed by atoms with Gasteiger partial charge in [-0.3, -0.25) is 4.79 Å². The molecule has 1 fully saturated rings. The zero-order chi connectivity index (χ0) is 17.3. The summed E-state index contributed by atoms with van der Waals surface area (Å²) in [5, 5.41) is 4.79. The first-order valence-corrected chi connectivity index (χ1v) is 9.82. The summed E-state index contributed by atoms with van der Waals surface area (Å²) in [7, 11) is -1.81. The van der Waals surface area contributed by atoms with Crippen LogP contribution in [0.3, 0.4) is 0 Å². The lowest BCUT2D eigenvalue weighted by atomic mass is 10.1. The molecule has 0 radical (unpaired) electrons. The van der Waals surface area contributed by atoms with Gasteiger partial charge in [0.05, 0.1) is 30.2 Å². The largest absolute Gasteiger partial charge is 0.464 e. The van der Waals surface area contributed by atoms with Gasteiger partial charge in [0.15, 0.2) is 15.0 Å². The van der Waals surface area contributed by atoms with Crippen molar-refractivity contribution in [2.24, 2.45) is 5.92 Å². The van der Waals surface area contributed by atoms with E-state index in [1.165, 1.54) is 18.4 Å². The summed E-state index contributed by atoms with van der Waals surface area (Å²) in [4.78, 5) is 30.6. The number of hydrogen-bond acceptors (Lipinski definition) is 7. The van der Waals surface area contributed by atoms with E-state index in [0.29, 0.717) is 28.5 Å². The van der Waals surface area contributed by atoms with E-state index in [2.05, 4.69) is 20.0 Å². The first-order chi connectivity index (χ1) is 11.4. The van der Waals surface area contributed by atoms with E-state index in [1.807, 2.05) is 0 Å². The quantitative estimate of drug-likeness (QED) is 0.784. The molecule has 8 nitrogen and oxygen atoms in total. The lowest BCUT2D eigenvalue weighted by Crippen LogP contribution is -2.23. The Morgan fingerprint density at radius 3 is 2.92 bits per heavy atom. The van der Waals surface area contributed by atoms with Crippen LogP contribution in [-0.4, -0.2) is 48.9 Å². The Kier molecular flexibility index (Phi) is 4.41. The number of methoxy groups -OCH3 is 1. The van der Waals surface area contributed by atoms with Crippen LogP contribution in [0.25, 0.3) is 11.3 Å². The first kappa shape index (κ1) is 16.7. The number of thiazole rings is 1. The Labute approximate surface area is 142 Å². The van der Waals surface area contributed by atoms with Crippen LogP contribution in [0.2, 0.25) is 0 Å². The molecule has 1 amide bonds. The third kappa shape index (κ3) is 3.49. The van der Waals surface area contributed by atoms with Crippen LogP contribution >= 0.6 is 11.3 Å². The summed E-state index contributed by atoms with van der Waals surface area (Å²) in [6.45, 7) is 0. The van der Waals surface area contributed by atoms with Crippen molar-refractivity contribution >= 4 is 38.2 Å². The van der Waals surface area contributed by atoms with E-state index in [0.717, 1.165) is 0 Å². The zero-order valence-corrected chi connectivity index (χ0v) is 14.4. The molecule has 128 valence electrons. The topological polar surface area (TPSA) is 118 Å². The smallest absolute Gasteiger partial charge is 0.354 e. The van der Waals surface area contributed by atoms with Crippen LogP contribution in [0.5, 0.6) is 0 Å².